The molecule has 0 aliphatic heterocycles. The Hall–Kier alpha value is -3.52. The molecule has 30 heavy (non-hydrogen) atoms. The van der Waals surface area contributed by atoms with E-state index >= 15 is 0 Å². The van der Waals surface area contributed by atoms with Gasteiger partial charge in [-0.1, -0.05) is 84.9 Å². The first-order valence-electron chi connectivity index (χ1n) is 10.3. The molecule has 0 aliphatic carbocycles. The maximum Gasteiger partial charge on any atom is 0.115 e. The molecule has 0 saturated carbocycles. The molecule has 4 rings (SSSR count). The molecule has 0 heterocycles. The fourth-order valence-electron chi connectivity index (χ4n) is 4.29. The van der Waals surface area contributed by atoms with Gasteiger partial charge in [0.2, 0.25) is 0 Å². The fraction of sp³-hybridized carbons (Fsp3) is 0.143. The van der Waals surface area contributed by atoms with E-state index in [1.807, 2.05) is 36.4 Å². The molecule has 0 aromatic heterocycles. The largest absolute Gasteiger partial charge is 0.508 e. The van der Waals surface area contributed by atoms with Crippen molar-refractivity contribution in [3.8, 4) is 11.5 Å². The molecule has 2 heteroatoms. The summed E-state index contributed by atoms with van der Waals surface area (Å²) in [5.74, 6) is 0.553. The monoisotopic (exact) mass is 394 g/mol. The number of aromatic hydroxyl groups is 2. The molecule has 4 aromatic carbocycles. The number of hydrogen-bond acceptors (Lipinski definition) is 2. The highest BCUT2D eigenvalue weighted by Gasteiger charge is 2.33. The van der Waals surface area contributed by atoms with Gasteiger partial charge < -0.3 is 10.2 Å². The zero-order valence-electron chi connectivity index (χ0n) is 16.9. The number of phenols is 2. The molecular weight excluding hydrogens is 368 g/mol. The number of benzene rings is 4. The van der Waals surface area contributed by atoms with Crippen molar-refractivity contribution in [1.82, 2.24) is 0 Å². The lowest BCUT2D eigenvalue weighted by molar-refractivity contribution is 0.413. The maximum absolute atomic E-state index is 9.89. The van der Waals surface area contributed by atoms with Crippen LogP contribution in [0.3, 0.4) is 0 Å². The van der Waals surface area contributed by atoms with Gasteiger partial charge in [-0.15, -0.1) is 0 Å². The van der Waals surface area contributed by atoms with Gasteiger partial charge in [0, 0.05) is 5.41 Å². The second-order valence-corrected chi connectivity index (χ2v) is 8.00. The van der Waals surface area contributed by atoms with Crippen LogP contribution in [0, 0.1) is 0 Å². The van der Waals surface area contributed by atoms with Gasteiger partial charge >= 0.3 is 0 Å². The quantitative estimate of drug-likeness (QED) is 0.400. The Morgan fingerprint density at radius 1 is 0.433 bits per heavy atom. The fourth-order valence-corrected chi connectivity index (χ4v) is 4.29. The van der Waals surface area contributed by atoms with E-state index in [4.69, 9.17) is 0 Å². The summed E-state index contributed by atoms with van der Waals surface area (Å²) in [7, 11) is 0. The minimum absolute atomic E-state index is 0.201. The van der Waals surface area contributed by atoms with Crippen LogP contribution < -0.4 is 0 Å². The summed E-state index contributed by atoms with van der Waals surface area (Å²) in [6, 6.07) is 36.3. The Morgan fingerprint density at radius 3 is 1.23 bits per heavy atom. The lowest BCUT2D eigenvalue weighted by Crippen LogP contribution is -2.34. The Balaban J connectivity index is 1.83. The van der Waals surface area contributed by atoms with Crippen LogP contribution in [0.1, 0.15) is 22.3 Å². The lowest BCUT2D eigenvalue weighted by Gasteiger charge is -2.36. The van der Waals surface area contributed by atoms with Crippen LogP contribution in [0.15, 0.2) is 109 Å². The molecule has 0 fully saturated rings. The molecule has 0 amide bonds. The third kappa shape index (κ3) is 4.72. The van der Waals surface area contributed by atoms with Gasteiger partial charge in [-0.05, 0) is 65.8 Å². The highest BCUT2D eigenvalue weighted by Crippen LogP contribution is 2.37. The van der Waals surface area contributed by atoms with E-state index in [0.717, 1.165) is 19.3 Å². The van der Waals surface area contributed by atoms with E-state index in [1.165, 1.54) is 22.3 Å². The molecule has 0 unspecified atom stereocenters. The van der Waals surface area contributed by atoms with Crippen molar-refractivity contribution in [3.05, 3.63) is 131 Å². The SMILES string of the molecule is Oc1ccc(CC(Cc2ccccc2)(Cc2ccccc2)c2ccc(O)cc2)cc1. The van der Waals surface area contributed by atoms with Gasteiger partial charge in [-0.3, -0.25) is 0 Å². The van der Waals surface area contributed by atoms with E-state index < -0.39 is 0 Å². The minimum Gasteiger partial charge on any atom is -0.508 e. The Labute approximate surface area is 178 Å². The van der Waals surface area contributed by atoms with E-state index in [9.17, 15) is 10.2 Å². The van der Waals surface area contributed by atoms with Gasteiger partial charge in [-0.2, -0.15) is 0 Å². The van der Waals surface area contributed by atoms with Gasteiger partial charge in [0.25, 0.3) is 0 Å². The van der Waals surface area contributed by atoms with Crippen molar-refractivity contribution < 1.29 is 10.2 Å². The first kappa shape index (κ1) is 19.8. The van der Waals surface area contributed by atoms with Crippen molar-refractivity contribution >= 4 is 0 Å². The first-order valence-corrected chi connectivity index (χ1v) is 10.3. The summed E-state index contributed by atoms with van der Waals surface area (Å²) < 4.78 is 0. The van der Waals surface area contributed by atoms with Crippen LogP contribution in [0.4, 0.5) is 0 Å². The average Bonchev–Trinajstić information content (AvgIpc) is 2.77. The molecule has 0 spiro atoms. The van der Waals surface area contributed by atoms with E-state index in [-0.39, 0.29) is 16.9 Å². The predicted octanol–water partition coefficient (Wildman–Crippen LogP) is 6.06. The second-order valence-electron chi connectivity index (χ2n) is 8.00. The number of hydrogen-bond donors (Lipinski definition) is 2. The Bertz CT molecular complexity index is 1010. The normalized spacial score (nSPS) is 11.3. The van der Waals surface area contributed by atoms with Gasteiger partial charge in [0.1, 0.15) is 11.5 Å². The summed E-state index contributed by atoms with van der Waals surface area (Å²) in [4.78, 5) is 0. The summed E-state index contributed by atoms with van der Waals surface area (Å²) in [5.41, 5.74) is 4.72. The average molecular weight is 395 g/mol. The van der Waals surface area contributed by atoms with Crippen LogP contribution in [-0.4, -0.2) is 10.2 Å². The Kier molecular flexibility index (Phi) is 5.85. The maximum atomic E-state index is 9.89. The molecule has 0 aliphatic rings. The highest BCUT2D eigenvalue weighted by molar-refractivity contribution is 5.39. The van der Waals surface area contributed by atoms with Gasteiger partial charge in [0.05, 0.1) is 0 Å². The molecule has 2 N–H and O–H groups in total. The Morgan fingerprint density at radius 2 is 0.800 bits per heavy atom. The van der Waals surface area contributed by atoms with Gasteiger partial charge in [0.15, 0.2) is 0 Å². The third-order valence-corrected chi connectivity index (χ3v) is 5.73. The van der Waals surface area contributed by atoms with Crippen LogP contribution in [-0.2, 0) is 24.7 Å². The molecule has 0 bridgehead atoms. The minimum atomic E-state index is -0.201. The predicted molar refractivity (Wildman–Crippen MR) is 122 cm³/mol. The highest BCUT2D eigenvalue weighted by atomic mass is 16.3. The topological polar surface area (TPSA) is 40.5 Å². The summed E-state index contributed by atoms with van der Waals surface area (Å²) in [5, 5.41) is 19.6. The molecule has 4 aromatic rings. The van der Waals surface area contributed by atoms with E-state index in [2.05, 4.69) is 48.5 Å². The lowest BCUT2D eigenvalue weighted by atomic mass is 9.68. The number of phenolic OH excluding ortho intramolecular Hbond substituents is 2. The van der Waals surface area contributed by atoms with Crippen molar-refractivity contribution in [1.29, 1.82) is 0 Å². The third-order valence-electron chi connectivity index (χ3n) is 5.73. The van der Waals surface area contributed by atoms with Crippen molar-refractivity contribution in [2.24, 2.45) is 0 Å². The summed E-state index contributed by atoms with van der Waals surface area (Å²) in [6.07, 6.45) is 2.56. The van der Waals surface area contributed by atoms with Crippen molar-refractivity contribution in [3.63, 3.8) is 0 Å². The van der Waals surface area contributed by atoms with Crippen LogP contribution in [0.25, 0.3) is 0 Å². The molecule has 0 radical (unpaired) electrons. The summed E-state index contributed by atoms with van der Waals surface area (Å²) in [6.45, 7) is 0. The van der Waals surface area contributed by atoms with Gasteiger partial charge in [-0.25, -0.2) is 0 Å². The van der Waals surface area contributed by atoms with Crippen molar-refractivity contribution in [2.45, 2.75) is 24.7 Å². The zero-order valence-corrected chi connectivity index (χ0v) is 16.9. The van der Waals surface area contributed by atoms with Crippen LogP contribution in [0.5, 0.6) is 11.5 Å². The standard InChI is InChI=1S/C28H26O2/c29-26-15-11-24(12-16-26)21-28(19-22-7-3-1-4-8-22,20-23-9-5-2-6-10-23)25-13-17-27(30)18-14-25/h1-18,29-30H,19-21H2. The molecular formula is C28H26O2. The number of rotatable bonds is 7. The molecule has 0 atom stereocenters. The van der Waals surface area contributed by atoms with E-state index in [1.54, 1.807) is 24.3 Å². The molecule has 2 nitrogen and oxygen atoms in total. The molecule has 150 valence electrons. The first-order chi connectivity index (χ1) is 14.6. The van der Waals surface area contributed by atoms with E-state index in [0.29, 0.717) is 0 Å². The zero-order chi connectivity index (χ0) is 20.8. The van der Waals surface area contributed by atoms with Crippen LogP contribution >= 0.6 is 0 Å². The second kappa shape index (κ2) is 8.87. The smallest absolute Gasteiger partial charge is 0.115 e. The van der Waals surface area contributed by atoms with Crippen molar-refractivity contribution in [2.75, 3.05) is 0 Å². The molecule has 0 saturated heterocycles. The summed E-state index contributed by atoms with van der Waals surface area (Å²) >= 11 is 0. The van der Waals surface area contributed by atoms with Crippen LogP contribution in [0.2, 0.25) is 0 Å².